The van der Waals surface area contributed by atoms with Gasteiger partial charge < -0.3 is 20.3 Å². The Bertz CT molecular complexity index is 744. The lowest BCUT2D eigenvalue weighted by atomic mass is 9.92. The molecule has 2 saturated heterocycles. The van der Waals surface area contributed by atoms with Crippen LogP contribution in [0, 0.1) is 5.92 Å². The highest BCUT2D eigenvalue weighted by molar-refractivity contribution is 5.79. The van der Waals surface area contributed by atoms with Crippen LogP contribution in [0.1, 0.15) is 50.7 Å². The van der Waals surface area contributed by atoms with Gasteiger partial charge in [-0.1, -0.05) is 51.0 Å². The van der Waals surface area contributed by atoms with Gasteiger partial charge in [0.2, 0.25) is 5.91 Å². The van der Waals surface area contributed by atoms with Gasteiger partial charge in [0.1, 0.15) is 0 Å². The maximum atomic E-state index is 11.9. The van der Waals surface area contributed by atoms with Gasteiger partial charge in [-0.3, -0.25) is 14.7 Å². The molecule has 0 aromatic heterocycles. The smallest absolute Gasteiger partial charge is 0.222 e. The van der Waals surface area contributed by atoms with Crippen molar-refractivity contribution in [2.24, 2.45) is 10.9 Å². The van der Waals surface area contributed by atoms with E-state index in [-0.39, 0.29) is 5.91 Å². The van der Waals surface area contributed by atoms with E-state index in [4.69, 9.17) is 4.74 Å². The number of ether oxygens (including phenoxy) is 1. The highest BCUT2D eigenvalue weighted by Gasteiger charge is 2.27. The molecule has 1 atom stereocenters. The lowest BCUT2D eigenvalue weighted by Gasteiger charge is -2.39. The normalized spacial score (nSPS) is 18.9. The van der Waals surface area contributed by atoms with Gasteiger partial charge in [0.15, 0.2) is 5.96 Å². The molecule has 7 nitrogen and oxygen atoms in total. The Hall–Kier alpha value is -2.12. The third kappa shape index (κ3) is 6.94. The zero-order valence-corrected chi connectivity index (χ0v) is 20.1. The fraction of sp³-hybridized carbons (Fsp3) is 0.680. The van der Waals surface area contributed by atoms with Crippen molar-refractivity contribution in [2.45, 2.75) is 58.7 Å². The summed E-state index contributed by atoms with van der Waals surface area (Å²) in [6.45, 7) is 11.4. The average molecular weight is 444 g/mol. The fourth-order valence-electron chi connectivity index (χ4n) is 4.87. The van der Waals surface area contributed by atoms with Crippen molar-refractivity contribution in [3.05, 3.63) is 35.4 Å². The average Bonchev–Trinajstić information content (AvgIpc) is 3.23. The van der Waals surface area contributed by atoms with Crippen LogP contribution in [0.3, 0.4) is 0 Å². The molecule has 7 heteroatoms. The molecule has 2 heterocycles. The summed E-state index contributed by atoms with van der Waals surface area (Å²) < 4.78 is 5.57. The summed E-state index contributed by atoms with van der Waals surface area (Å²) in [5.41, 5.74) is 2.38. The summed E-state index contributed by atoms with van der Waals surface area (Å²) in [6, 6.07) is 8.96. The van der Waals surface area contributed by atoms with Gasteiger partial charge in [-0.05, 0) is 23.5 Å². The Morgan fingerprint density at radius 3 is 2.53 bits per heavy atom. The van der Waals surface area contributed by atoms with Crippen molar-refractivity contribution in [1.82, 2.24) is 20.4 Å². The molecule has 2 aliphatic rings. The number of amides is 1. The van der Waals surface area contributed by atoms with E-state index in [2.05, 4.69) is 58.6 Å². The van der Waals surface area contributed by atoms with Crippen LogP contribution in [-0.2, 0) is 22.6 Å². The number of rotatable bonds is 10. The summed E-state index contributed by atoms with van der Waals surface area (Å²) in [5, 5.41) is 7.03. The number of hydrogen-bond donors (Lipinski definition) is 2. The number of morpholine rings is 1. The van der Waals surface area contributed by atoms with E-state index < -0.39 is 0 Å². The van der Waals surface area contributed by atoms with E-state index in [9.17, 15) is 4.79 Å². The summed E-state index contributed by atoms with van der Waals surface area (Å²) in [7, 11) is 1.83. The van der Waals surface area contributed by atoms with Gasteiger partial charge in [0, 0.05) is 58.8 Å². The molecule has 178 valence electrons. The number of likely N-dealkylation sites (tertiary alicyclic amines) is 1. The molecule has 0 aliphatic carbocycles. The highest BCUT2D eigenvalue weighted by Crippen LogP contribution is 2.20. The van der Waals surface area contributed by atoms with Crippen molar-refractivity contribution < 1.29 is 9.53 Å². The molecule has 1 aromatic rings. The van der Waals surface area contributed by atoms with Crippen molar-refractivity contribution >= 4 is 11.9 Å². The largest absolute Gasteiger partial charge is 0.379 e. The lowest BCUT2D eigenvalue weighted by molar-refractivity contribution is -0.128. The molecule has 1 aromatic carbocycles. The van der Waals surface area contributed by atoms with Crippen molar-refractivity contribution in [3.63, 3.8) is 0 Å². The van der Waals surface area contributed by atoms with Gasteiger partial charge in [0.05, 0.1) is 13.2 Å². The minimum absolute atomic E-state index is 0.269. The Morgan fingerprint density at radius 2 is 1.88 bits per heavy atom. The maximum Gasteiger partial charge on any atom is 0.222 e. The first-order valence-corrected chi connectivity index (χ1v) is 12.3. The second-order valence-electron chi connectivity index (χ2n) is 8.84. The van der Waals surface area contributed by atoms with Crippen LogP contribution in [0.15, 0.2) is 29.3 Å². The molecule has 2 aliphatic heterocycles. The highest BCUT2D eigenvalue weighted by atomic mass is 16.5. The number of nitrogens with one attached hydrogen (secondary N) is 2. The summed E-state index contributed by atoms with van der Waals surface area (Å²) in [6.07, 6.45) is 4.02. The molecule has 1 unspecified atom stereocenters. The number of guanidine groups is 1. The third-order valence-electron chi connectivity index (χ3n) is 6.81. The third-order valence-corrected chi connectivity index (χ3v) is 6.81. The van der Waals surface area contributed by atoms with E-state index in [1.165, 1.54) is 24.0 Å². The monoisotopic (exact) mass is 443 g/mol. The number of nitrogens with zero attached hydrogens (tertiary/aromatic N) is 3. The summed E-state index contributed by atoms with van der Waals surface area (Å²) >= 11 is 0. The van der Waals surface area contributed by atoms with Crippen molar-refractivity contribution in [1.29, 1.82) is 0 Å². The second kappa shape index (κ2) is 12.8. The molecule has 0 spiro atoms. The van der Waals surface area contributed by atoms with E-state index in [1.807, 2.05) is 11.9 Å². The molecular formula is C25H41N5O2. The van der Waals surface area contributed by atoms with Gasteiger partial charge >= 0.3 is 0 Å². The molecule has 1 amide bonds. The topological polar surface area (TPSA) is 69.2 Å². The number of benzene rings is 1. The van der Waals surface area contributed by atoms with Crippen LogP contribution in [0.4, 0.5) is 0 Å². The van der Waals surface area contributed by atoms with Crippen molar-refractivity contribution in [2.75, 3.05) is 46.4 Å². The fourth-order valence-corrected chi connectivity index (χ4v) is 4.87. The number of aliphatic imine (C=N–C) groups is 1. The molecule has 3 rings (SSSR count). The van der Waals surface area contributed by atoms with E-state index in [0.717, 1.165) is 51.8 Å². The summed E-state index contributed by atoms with van der Waals surface area (Å²) in [4.78, 5) is 20.9. The number of hydrogen-bond acceptors (Lipinski definition) is 4. The zero-order valence-electron chi connectivity index (χ0n) is 20.1. The first-order chi connectivity index (χ1) is 15.6. The van der Waals surface area contributed by atoms with E-state index in [1.54, 1.807) is 0 Å². The van der Waals surface area contributed by atoms with Crippen LogP contribution in [-0.4, -0.2) is 74.1 Å². The Labute approximate surface area is 193 Å². The quantitative estimate of drug-likeness (QED) is 0.430. The van der Waals surface area contributed by atoms with Crippen LogP contribution < -0.4 is 10.6 Å². The minimum atomic E-state index is 0.269. The number of carbonyl (C=O) groups excluding carboxylic acids is 1. The Balaban J connectivity index is 1.53. The second-order valence-corrected chi connectivity index (χ2v) is 8.84. The molecule has 2 N–H and O–H groups in total. The van der Waals surface area contributed by atoms with Crippen LogP contribution >= 0.6 is 0 Å². The number of carbonyl (C=O) groups is 1. The Kier molecular flexibility index (Phi) is 9.81. The van der Waals surface area contributed by atoms with Gasteiger partial charge in [-0.25, -0.2) is 0 Å². The zero-order chi connectivity index (χ0) is 22.8. The minimum Gasteiger partial charge on any atom is -0.379 e. The van der Waals surface area contributed by atoms with Crippen LogP contribution in [0.25, 0.3) is 0 Å². The molecule has 0 radical (unpaired) electrons. The first-order valence-electron chi connectivity index (χ1n) is 12.3. The van der Waals surface area contributed by atoms with Gasteiger partial charge in [0.25, 0.3) is 0 Å². The molecular weight excluding hydrogens is 402 g/mol. The lowest BCUT2D eigenvalue weighted by Crippen LogP contribution is -2.53. The summed E-state index contributed by atoms with van der Waals surface area (Å²) in [5.74, 6) is 1.75. The standard InChI is InChI=1S/C25H41N5O2/c1-4-22(5-2)23(29-12-14-32-15-13-29)18-28-25(26-3)27-17-20-8-6-9-21(16-20)19-30-11-7-10-24(30)31/h6,8-9,16,22-23H,4-5,7,10-15,17-19H2,1-3H3,(H2,26,27,28). The maximum absolute atomic E-state index is 11.9. The first kappa shape index (κ1) is 24.5. The molecule has 32 heavy (non-hydrogen) atoms. The van der Waals surface area contributed by atoms with Crippen LogP contribution in [0.2, 0.25) is 0 Å². The predicted molar refractivity (Wildman–Crippen MR) is 130 cm³/mol. The molecule has 0 saturated carbocycles. The SMILES string of the molecule is CCC(CC)C(CNC(=NC)NCc1cccc(CN2CCCC2=O)c1)N1CCOCC1. The molecule has 0 bridgehead atoms. The van der Waals surface area contributed by atoms with Gasteiger partial charge in [-0.15, -0.1) is 0 Å². The van der Waals surface area contributed by atoms with Crippen molar-refractivity contribution in [3.8, 4) is 0 Å². The molecule has 2 fully saturated rings. The van der Waals surface area contributed by atoms with E-state index in [0.29, 0.717) is 31.5 Å². The predicted octanol–water partition coefficient (Wildman–Crippen LogP) is 2.61. The Morgan fingerprint density at radius 1 is 1.12 bits per heavy atom. The van der Waals surface area contributed by atoms with E-state index >= 15 is 0 Å². The van der Waals surface area contributed by atoms with Crippen LogP contribution in [0.5, 0.6) is 0 Å². The van der Waals surface area contributed by atoms with Gasteiger partial charge in [-0.2, -0.15) is 0 Å².